The van der Waals surface area contributed by atoms with E-state index in [9.17, 15) is 0 Å². The molecule has 2 aromatic heterocycles. The zero-order valence-electron chi connectivity index (χ0n) is 9.80. The van der Waals surface area contributed by atoms with E-state index in [1.54, 1.807) is 18.3 Å². The van der Waals surface area contributed by atoms with Gasteiger partial charge in [0.05, 0.1) is 5.69 Å². The highest BCUT2D eigenvalue weighted by molar-refractivity contribution is 5.54. The number of pyridine rings is 2. The SMILES string of the molecule is N#Cc1nc(NCCc2ccccn2)ccc1N. The van der Waals surface area contributed by atoms with Crippen LogP contribution in [0.5, 0.6) is 0 Å². The van der Waals surface area contributed by atoms with Crippen LogP contribution in [0, 0.1) is 11.3 Å². The van der Waals surface area contributed by atoms with Crippen LogP contribution in [0.4, 0.5) is 11.5 Å². The maximum absolute atomic E-state index is 8.82. The molecule has 5 heteroatoms. The van der Waals surface area contributed by atoms with Crippen LogP contribution in [-0.2, 0) is 6.42 Å². The van der Waals surface area contributed by atoms with Gasteiger partial charge < -0.3 is 11.1 Å². The molecule has 0 spiro atoms. The number of nitrogens with two attached hydrogens (primary N) is 1. The van der Waals surface area contributed by atoms with Gasteiger partial charge in [-0.1, -0.05) is 6.07 Å². The molecule has 0 aliphatic heterocycles. The Kier molecular flexibility index (Phi) is 3.72. The molecule has 0 saturated carbocycles. The average Bonchev–Trinajstić information content (AvgIpc) is 2.42. The number of aromatic nitrogens is 2. The van der Waals surface area contributed by atoms with Crippen molar-refractivity contribution in [1.82, 2.24) is 9.97 Å². The summed E-state index contributed by atoms with van der Waals surface area (Å²) in [5.41, 5.74) is 7.26. The van der Waals surface area contributed by atoms with E-state index in [4.69, 9.17) is 11.0 Å². The van der Waals surface area contributed by atoms with E-state index in [1.165, 1.54) is 0 Å². The summed E-state index contributed by atoms with van der Waals surface area (Å²) in [7, 11) is 0. The molecule has 0 atom stereocenters. The van der Waals surface area contributed by atoms with Crippen LogP contribution in [0.3, 0.4) is 0 Å². The molecule has 0 aliphatic rings. The lowest BCUT2D eigenvalue weighted by molar-refractivity contribution is 0.953. The van der Waals surface area contributed by atoms with Gasteiger partial charge in [0, 0.05) is 24.9 Å². The van der Waals surface area contributed by atoms with Gasteiger partial charge in [0.25, 0.3) is 0 Å². The summed E-state index contributed by atoms with van der Waals surface area (Å²) in [6.07, 6.45) is 2.57. The van der Waals surface area contributed by atoms with Gasteiger partial charge in [-0.3, -0.25) is 4.98 Å². The largest absolute Gasteiger partial charge is 0.396 e. The lowest BCUT2D eigenvalue weighted by Gasteiger charge is -2.06. The predicted molar refractivity (Wildman–Crippen MR) is 69.8 cm³/mol. The van der Waals surface area contributed by atoms with Crippen LogP contribution in [0.25, 0.3) is 0 Å². The summed E-state index contributed by atoms with van der Waals surface area (Å²) >= 11 is 0. The zero-order valence-corrected chi connectivity index (χ0v) is 9.80. The molecule has 18 heavy (non-hydrogen) atoms. The summed E-state index contributed by atoms with van der Waals surface area (Å²) < 4.78 is 0. The van der Waals surface area contributed by atoms with E-state index in [-0.39, 0.29) is 5.69 Å². The Morgan fingerprint density at radius 2 is 2.17 bits per heavy atom. The van der Waals surface area contributed by atoms with Crippen molar-refractivity contribution in [3.8, 4) is 6.07 Å². The maximum atomic E-state index is 8.82. The molecule has 2 rings (SSSR count). The number of nitrogens with zero attached hydrogens (tertiary/aromatic N) is 3. The quantitative estimate of drug-likeness (QED) is 0.845. The van der Waals surface area contributed by atoms with Gasteiger partial charge in [-0.25, -0.2) is 4.98 Å². The van der Waals surface area contributed by atoms with Crippen LogP contribution in [0.1, 0.15) is 11.4 Å². The topological polar surface area (TPSA) is 87.6 Å². The number of hydrogen-bond donors (Lipinski definition) is 2. The highest BCUT2D eigenvalue weighted by Gasteiger charge is 2.01. The van der Waals surface area contributed by atoms with E-state index in [2.05, 4.69) is 15.3 Å². The molecule has 0 fully saturated rings. The molecule has 2 aromatic rings. The van der Waals surface area contributed by atoms with Crippen LogP contribution >= 0.6 is 0 Å². The Balaban J connectivity index is 1.93. The summed E-state index contributed by atoms with van der Waals surface area (Å²) in [6, 6.07) is 11.2. The monoisotopic (exact) mass is 239 g/mol. The second kappa shape index (κ2) is 5.64. The van der Waals surface area contributed by atoms with Gasteiger partial charge >= 0.3 is 0 Å². The first-order valence-corrected chi connectivity index (χ1v) is 5.60. The van der Waals surface area contributed by atoms with Gasteiger partial charge in [0.1, 0.15) is 11.9 Å². The molecular weight excluding hydrogens is 226 g/mol. The van der Waals surface area contributed by atoms with Crippen molar-refractivity contribution in [3.63, 3.8) is 0 Å². The summed E-state index contributed by atoms with van der Waals surface area (Å²) in [6.45, 7) is 0.707. The Morgan fingerprint density at radius 3 is 2.89 bits per heavy atom. The number of nitrogens with one attached hydrogen (secondary N) is 1. The standard InChI is InChI=1S/C13H13N5/c14-9-12-11(15)4-5-13(18-12)17-8-6-10-3-1-2-7-16-10/h1-5,7H,6,8,15H2,(H,17,18). The maximum Gasteiger partial charge on any atom is 0.165 e. The third kappa shape index (κ3) is 2.95. The molecule has 0 aromatic carbocycles. The Bertz CT molecular complexity index is 559. The number of nitriles is 1. The van der Waals surface area contributed by atoms with Crippen molar-refractivity contribution < 1.29 is 0 Å². The zero-order chi connectivity index (χ0) is 12.8. The number of rotatable bonds is 4. The van der Waals surface area contributed by atoms with Crippen LogP contribution in [0.15, 0.2) is 36.5 Å². The first-order valence-electron chi connectivity index (χ1n) is 5.60. The second-order valence-electron chi connectivity index (χ2n) is 3.74. The first kappa shape index (κ1) is 11.9. The van der Waals surface area contributed by atoms with Gasteiger partial charge in [-0.15, -0.1) is 0 Å². The van der Waals surface area contributed by atoms with Crippen molar-refractivity contribution in [1.29, 1.82) is 5.26 Å². The van der Waals surface area contributed by atoms with Crippen LogP contribution in [0.2, 0.25) is 0 Å². The van der Waals surface area contributed by atoms with Crippen molar-refractivity contribution in [3.05, 3.63) is 47.9 Å². The molecule has 0 bridgehead atoms. The molecule has 3 N–H and O–H groups in total. The predicted octanol–water partition coefficient (Wildman–Crippen LogP) is 1.59. The minimum Gasteiger partial charge on any atom is -0.396 e. The van der Waals surface area contributed by atoms with E-state index in [0.717, 1.165) is 12.1 Å². The van der Waals surface area contributed by atoms with Crippen molar-refractivity contribution >= 4 is 11.5 Å². The average molecular weight is 239 g/mol. The van der Waals surface area contributed by atoms with Crippen LogP contribution in [-0.4, -0.2) is 16.5 Å². The molecule has 0 unspecified atom stereocenters. The third-order valence-corrected chi connectivity index (χ3v) is 2.45. The molecule has 0 saturated heterocycles. The molecule has 0 aliphatic carbocycles. The first-order chi connectivity index (χ1) is 8.79. The lowest BCUT2D eigenvalue weighted by Crippen LogP contribution is -2.08. The van der Waals surface area contributed by atoms with Crippen molar-refractivity contribution in [2.24, 2.45) is 0 Å². The molecule has 5 nitrogen and oxygen atoms in total. The van der Waals surface area contributed by atoms with Crippen LogP contribution < -0.4 is 11.1 Å². The number of anilines is 2. The van der Waals surface area contributed by atoms with Gasteiger partial charge in [-0.05, 0) is 24.3 Å². The normalized spacial score (nSPS) is 9.72. The van der Waals surface area contributed by atoms with Gasteiger partial charge in [0.2, 0.25) is 0 Å². The minimum atomic E-state index is 0.248. The molecular formula is C13H13N5. The fourth-order valence-corrected chi connectivity index (χ4v) is 1.52. The highest BCUT2D eigenvalue weighted by atomic mass is 15.0. The third-order valence-electron chi connectivity index (χ3n) is 2.45. The number of nitrogen functional groups attached to an aromatic ring is 1. The summed E-state index contributed by atoms with van der Waals surface area (Å²) in [5.74, 6) is 0.650. The Morgan fingerprint density at radius 1 is 1.28 bits per heavy atom. The minimum absolute atomic E-state index is 0.248. The molecule has 2 heterocycles. The van der Waals surface area contributed by atoms with Gasteiger partial charge in [-0.2, -0.15) is 5.26 Å². The van der Waals surface area contributed by atoms with E-state index in [1.807, 2.05) is 24.3 Å². The van der Waals surface area contributed by atoms with Crippen molar-refractivity contribution in [2.45, 2.75) is 6.42 Å². The lowest BCUT2D eigenvalue weighted by atomic mass is 10.2. The highest BCUT2D eigenvalue weighted by Crippen LogP contribution is 2.11. The Labute approximate surface area is 105 Å². The fraction of sp³-hybridized carbons (Fsp3) is 0.154. The van der Waals surface area contributed by atoms with Gasteiger partial charge in [0.15, 0.2) is 5.69 Å². The van der Waals surface area contributed by atoms with Crippen molar-refractivity contribution in [2.75, 3.05) is 17.6 Å². The number of hydrogen-bond acceptors (Lipinski definition) is 5. The van der Waals surface area contributed by atoms with E-state index in [0.29, 0.717) is 18.1 Å². The smallest absolute Gasteiger partial charge is 0.165 e. The molecule has 0 amide bonds. The van der Waals surface area contributed by atoms with E-state index >= 15 is 0 Å². The van der Waals surface area contributed by atoms with E-state index < -0.39 is 0 Å². The molecule has 90 valence electrons. The Hall–Kier alpha value is -2.61. The molecule has 0 radical (unpaired) electrons. The fourth-order valence-electron chi connectivity index (χ4n) is 1.52. The second-order valence-corrected chi connectivity index (χ2v) is 3.74. The summed E-state index contributed by atoms with van der Waals surface area (Å²) in [4.78, 5) is 8.33. The summed E-state index contributed by atoms with van der Waals surface area (Å²) in [5, 5.41) is 12.0.